The van der Waals surface area contributed by atoms with Crippen LogP contribution in [0.1, 0.15) is 26.2 Å². The summed E-state index contributed by atoms with van der Waals surface area (Å²) in [6.45, 7) is 2.24. The third kappa shape index (κ3) is 1.74. The lowest BCUT2D eigenvalue weighted by Crippen LogP contribution is -2.41. The van der Waals surface area contributed by atoms with Gasteiger partial charge >= 0.3 is 0 Å². The molecule has 0 amide bonds. The van der Waals surface area contributed by atoms with Crippen LogP contribution in [0, 0.1) is 0 Å². The third-order valence-electron chi connectivity index (χ3n) is 2.68. The summed E-state index contributed by atoms with van der Waals surface area (Å²) in [5, 5.41) is 3.48. The molecule has 1 heterocycles. The maximum atomic E-state index is 5.59. The minimum Gasteiger partial charge on any atom is -0.384 e. The van der Waals surface area contributed by atoms with E-state index in [0.29, 0.717) is 5.82 Å². The van der Waals surface area contributed by atoms with E-state index < -0.39 is 0 Å². The smallest absolute Gasteiger partial charge is 0.125 e. The summed E-state index contributed by atoms with van der Waals surface area (Å²) in [5.74, 6) is 0.577. The van der Waals surface area contributed by atoms with Crippen LogP contribution in [0.2, 0.25) is 0 Å². The zero-order chi connectivity index (χ0) is 9.31. The highest BCUT2D eigenvalue weighted by Crippen LogP contribution is 2.34. The summed E-state index contributed by atoms with van der Waals surface area (Å²) in [6.07, 6.45) is 5.55. The molecule has 1 aliphatic rings. The quantitative estimate of drug-likeness (QED) is 0.726. The highest BCUT2D eigenvalue weighted by atomic mass is 15.0. The highest BCUT2D eigenvalue weighted by Gasteiger charge is 2.31. The molecule has 3 N–H and O–H groups in total. The van der Waals surface area contributed by atoms with Gasteiger partial charge in [0.25, 0.3) is 0 Å². The number of anilines is 2. The molecule has 0 bridgehead atoms. The van der Waals surface area contributed by atoms with E-state index in [1.165, 1.54) is 19.3 Å². The Morgan fingerprint density at radius 3 is 2.85 bits per heavy atom. The molecule has 1 fully saturated rings. The summed E-state index contributed by atoms with van der Waals surface area (Å²) in [7, 11) is 0. The molecule has 1 aromatic rings. The van der Waals surface area contributed by atoms with Crippen molar-refractivity contribution in [3.05, 3.63) is 18.3 Å². The van der Waals surface area contributed by atoms with Gasteiger partial charge in [-0.25, -0.2) is 4.98 Å². The van der Waals surface area contributed by atoms with E-state index >= 15 is 0 Å². The maximum Gasteiger partial charge on any atom is 0.125 e. The molecule has 2 rings (SSSR count). The van der Waals surface area contributed by atoms with Crippen molar-refractivity contribution in [2.75, 3.05) is 11.1 Å². The van der Waals surface area contributed by atoms with Gasteiger partial charge in [-0.15, -0.1) is 0 Å². The monoisotopic (exact) mass is 177 g/mol. The molecule has 0 atom stereocenters. The average molecular weight is 177 g/mol. The van der Waals surface area contributed by atoms with Crippen LogP contribution in [0.4, 0.5) is 11.5 Å². The molecule has 0 aliphatic heterocycles. The van der Waals surface area contributed by atoms with E-state index in [2.05, 4.69) is 17.2 Å². The number of rotatable bonds is 2. The van der Waals surface area contributed by atoms with Gasteiger partial charge < -0.3 is 11.1 Å². The van der Waals surface area contributed by atoms with Crippen molar-refractivity contribution in [2.45, 2.75) is 31.7 Å². The van der Waals surface area contributed by atoms with Crippen LogP contribution in [0.25, 0.3) is 0 Å². The van der Waals surface area contributed by atoms with E-state index in [-0.39, 0.29) is 5.54 Å². The maximum absolute atomic E-state index is 5.59. The van der Waals surface area contributed by atoms with Gasteiger partial charge in [0.15, 0.2) is 0 Å². The van der Waals surface area contributed by atoms with Crippen LogP contribution in [0.5, 0.6) is 0 Å². The Morgan fingerprint density at radius 1 is 1.54 bits per heavy atom. The molecule has 13 heavy (non-hydrogen) atoms. The molecular weight excluding hydrogens is 162 g/mol. The van der Waals surface area contributed by atoms with Gasteiger partial charge in [-0.05, 0) is 32.3 Å². The minimum absolute atomic E-state index is 0.286. The van der Waals surface area contributed by atoms with Gasteiger partial charge in [0, 0.05) is 23.5 Å². The van der Waals surface area contributed by atoms with Crippen LogP contribution in [0.15, 0.2) is 18.3 Å². The molecule has 0 saturated heterocycles. The van der Waals surface area contributed by atoms with Gasteiger partial charge in [0.05, 0.1) is 0 Å². The molecule has 1 saturated carbocycles. The Balaban J connectivity index is 2.09. The lowest BCUT2D eigenvalue weighted by Gasteiger charge is -2.40. The topological polar surface area (TPSA) is 50.9 Å². The van der Waals surface area contributed by atoms with E-state index in [1.807, 2.05) is 12.1 Å². The molecule has 1 aliphatic carbocycles. The summed E-state index contributed by atoms with van der Waals surface area (Å²) in [5.41, 5.74) is 6.95. The first-order valence-electron chi connectivity index (χ1n) is 4.68. The summed E-state index contributed by atoms with van der Waals surface area (Å²) < 4.78 is 0. The molecule has 1 aromatic heterocycles. The minimum atomic E-state index is 0.286. The molecule has 0 unspecified atom stereocenters. The Kier molecular flexibility index (Phi) is 1.87. The Hall–Kier alpha value is -1.25. The van der Waals surface area contributed by atoms with E-state index in [1.54, 1.807) is 6.20 Å². The Bertz CT molecular complexity index is 305. The second kappa shape index (κ2) is 2.91. The fraction of sp³-hybridized carbons (Fsp3) is 0.500. The van der Waals surface area contributed by atoms with E-state index in [4.69, 9.17) is 5.73 Å². The number of hydrogen-bond acceptors (Lipinski definition) is 3. The van der Waals surface area contributed by atoms with Crippen molar-refractivity contribution in [2.24, 2.45) is 0 Å². The number of aromatic nitrogens is 1. The van der Waals surface area contributed by atoms with Crippen molar-refractivity contribution in [1.29, 1.82) is 0 Å². The summed E-state index contributed by atoms with van der Waals surface area (Å²) >= 11 is 0. The molecule has 0 radical (unpaired) electrons. The zero-order valence-corrected chi connectivity index (χ0v) is 7.88. The Labute approximate surface area is 78.4 Å². The third-order valence-corrected chi connectivity index (χ3v) is 2.68. The van der Waals surface area contributed by atoms with Crippen molar-refractivity contribution in [3.8, 4) is 0 Å². The van der Waals surface area contributed by atoms with Gasteiger partial charge in [-0.3, -0.25) is 0 Å². The average Bonchev–Trinajstić information content (AvgIpc) is 2.01. The molecule has 3 heteroatoms. The van der Waals surface area contributed by atoms with Gasteiger partial charge in [0.1, 0.15) is 5.82 Å². The van der Waals surface area contributed by atoms with Gasteiger partial charge in [-0.2, -0.15) is 0 Å². The first-order valence-corrected chi connectivity index (χ1v) is 4.68. The number of nitrogens with two attached hydrogens (primary N) is 1. The lowest BCUT2D eigenvalue weighted by atomic mass is 9.78. The van der Waals surface area contributed by atoms with Crippen LogP contribution in [-0.4, -0.2) is 10.5 Å². The number of hydrogen-bond donors (Lipinski definition) is 2. The van der Waals surface area contributed by atoms with E-state index in [9.17, 15) is 0 Å². The van der Waals surface area contributed by atoms with Crippen molar-refractivity contribution in [1.82, 2.24) is 4.98 Å². The second-order valence-electron chi connectivity index (χ2n) is 4.01. The fourth-order valence-corrected chi connectivity index (χ4v) is 1.71. The number of pyridine rings is 1. The largest absolute Gasteiger partial charge is 0.384 e. The lowest BCUT2D eigenvalue weighted by molar-refractivity contribution is 0.306. The van der Waals surface area contributed by atoms with Gasteiger partial charge in [0.2, 0.25) is 0 Å². The molecule has 70 valence electrons. The van der Waals surface area contributed by atoms with Crippen LogP contribution < -0.4 is 11.1 Å². The SMILES string of the molecule is CC1(Nc2ccnc(N)c2)CCC1. The predicted molar refractivity (Wildman–Crippen MR) is 54.5 cm³/mol. The Morgan fingerprint density at radius 2 is 2.31 bits per heavy atom. The highest BCUT2D eigenvalue weighted by molar-refractivity contribution is 5.51. The number of nitrogens with one attached hydrogen (secondary N) is 1. The van der Waals surface area contributed by atoms with E-state index in [0.717, 1.165) is 5.69 Å². The number of nitrogen functional groups attached to an aromatic ring is 1. The molecule has 3 nitrogen and oxygen atoms in total. The fourth-order valence-electron chi connectivity index (χ4n) is 1.71. The number of nitrogens with zero attached hydrogens (tertiary/aromatic N) is 1. The summed E-state index contributed by atoms with van der Waals surface area (Å²) in [6, 6.07) is 3.84. The van der Waals surface area contributed by atoms with Crippen molar-refractivity contribution in [3.63, 3.8) is 0 Å². The standard InChI is InChI=1S/C10H15N3/c1-10(4-2-5-10)13-8-3-6-12-9(11)7-8/h3,6-7H,2,4-5H2,1H3,(H3,11,12,13). The first kappa shape index (κ1) is 8.35. The van der Waals surface area contributed by atoms with Crippen LogP contribution in [-0.2, 0) is 0 Å². The predicted octanol–water partition coefficient (Wildman–Crippen LogP) is 2.02. The summed E-state index contributed by atoms with van der Waals surface area (Å²) in [4.78, 5) is 3.95. The zero-order valence-electron chi connectivity index (χ0n) is 7.88. The molecule has 0 aromatic carbocycles. The van der Waals surface area contributed by atoms with Crippen molar-refractivity contribution < 1.29 is 0 Å². The molecule has 0 spiro atoms. The van der Waals surface area contributed by atoms with Crippen LogP contribution in [0.3, 0.4) is 0 Å². The van der Waals surface area contributed by atoms with Gasteiger partial charge in [-0.1, -0.05) is 0 Å². The first-order chi connectivity index (χ1) is 6.18. The van der Waals surface area contributed by atoms with Crippen LogP contribution >= 0.6 is 0 Å². The second-order valence-corrected chi connectivity index (χ2v) is 4.01. The normalized spacial score (nSPS) is 19.2. The molecular formula is C10H15N3. The van der Waals surface area contributed by atoms with Crippen molar-refractivity contribution >= 4 is 11.5 Å².